The van der Waals surface area contributed by atoms with Gasteiger partial charge < -0.3 is 10.2 Å². The second-order valence-electron chi connectivity index (χ2n) is 6.84. The summed E-state index contributed by atoms with van der Waals surface area (Å²) in [6.07, 6.45) is 6.27. The van der Waals surface area contributed by atoms with Crippen molar-refractivity contribution in [3.8, 4) is 0 Å². The molecule has 2 rings (SSSR count). The molecule has 0 aromatic rings. The van der Waals surface area contributed by atoms with Crippen LogP contribution in [0.3, 0.4) is 0 Å². The van der Waals surface area contributed by atoms with Crippen LogP contribution < -0.4 is 0 Å². The van der Waals surface area contributed by atoms with Gasteiger partial charge in [-0.05, 0) is 55.4 Å². The van der Waals surface area contributed by atoms with E-state index in [0.29, 0.717) is 11.3 Å². The first-order valence-electron chi connectivity index (χ1n) is 7.37. The van der Waals surface area contributed by atoms with E-state index in [-0.39, 0.29) is 6.10 Å². The van der Waals surface area contributed by atoms with Crippen LogP contribution in [0.15, 0.2) is 23.8 Å². The Labute approximate surface area is 122 Å². The number of hydrogen-bond acceptors (Lipinski definition) is 2. The standard InChI is InChI=1S/C15H24O.C2H4O2/c1-10-5-7-13-12(9-15(13,3)4)11(2)14(16)8-6-10;1-2(3)4/h6,12-14,16H,2,5,7-9H2,1,3-4H3;1H3,(H,3,4). The molecule has 0 bridgehead atoms. The summed E-state index contributed by atoms with van der Waals surface area (Å²) in [6.45, 7) is 12.1. The molecule has 0 saturated heterocycles. The van der Waals surface area contributed by atoms with Crippen LogP contribution in [0.1, 0.15) is 53.4 Å². The highest BCUT2D eigenvalue weighted by molar-refractivity contribution is 5.62. The van der Waals surface area contributed by atoms with E-state index < -0.39 is 5.97 Å². The van der Waals surface area contributed by atoms with Gasteiger partial charge in [0.25, 0.3) is 5.97 Å². The van der Waals surface area contributed by atoms with E-state index in [0.717, 1.165) is 24.8 Å². The van der Waals surface area contributed by atoms with Crippen molar-refractivity contribution in [1.82, 2.24) is 0 Å². The van der Waals surface area contributed by atoms with Crippen molar-refractivity contribution in [2.24, 2.45) is 17.3 Å². The lowest BCUT2D eigenvalue weighted by molar-refractivity contribution is -0.134. The minimum absolute atomic E-state index is 0.323. The van der Waals surface area contributed by atoms with Gasteiger partial charge in [-0.3, -0.25) is 4.79 Å². The Morgan fingerprint density at radius 2 is 2.00 bits per heavy atom. The van der Waals surface area contributed by atoms with E-state index in [9.17, 15) is 5.11 Å². The molecule has 3 unspecified atom stereocenters. The van der Waals surface area contributed by atoms with Gasteiger partial charge in [-0.2, -0.15) is 0 Å². The minimum atomic E-state index is -0.833. The maximum Gasteiger partial charge on any atom is 0.300 e. The average molecular weight is 280 g/mol. The SMILES string of the molecule is C=C1C(O)CC=C(C)CCC2C1CC2(C)C.CC(=O)O. The highest BCUT2D eigenvalue weighted by Gasteiger charge is 2.48. The molecule has 2 aliphatic rings. The van der Waals surface area contributed by atoms with Crippen molar-refractivity contribution < 1.29 is 15.0 Å². The molecular formula is C17H28O3. The number of fused-ring (bicyclic) bond motifs is 1. The van der Waals surface area contributed by atoms with Gasteiger partial charge >= 0.3 is 0 Å². The number of hydrogen-bond donors (Lipinski definition) is 2. The second kappa shape index (κ2) is 6.57. The van der Waals surface area contributed by atoms with Crippen molar-refractivity contribution in [3.63, 3.8) is 0 Å². The van der Waals surface area contributed by atoms with Crippen molar-refractivity contribution >= 4 is 5.97 Å². The van der Waals surface area contributed by atoms with Crippen LogP contribution in [0.25, 0.3) is 0 Å². The first-order chi connectivity index (χ1) is 9.15. The predicted molar refractivity (Wildman–Crippen MR) is 81.4 cm³/mol. The zero-order valence-electron chi connectivity index (χ0n) is 13.1. The predicted octanol–water partition coefficient (Wildman–Crippen LogP) is 3.79. The molecule has 0 aromatic carbocycles. The third kappa shape index (κ3) is 4.20. The summed E-state index contributed by atoms with van der Waals surface area (Å²) >= 11 is 0. The number of carboxylic acid groups (broad SMARTS) is 1. The second-order valence-corrected chi connectivity index (χ2v) is 6.84. The molecule has 0 heterocycles. The molecule has 1 fully saturated rings. The monoisotopic (exact) mass is 280 g/mol. The molecule has 2 N–H and O–H groups in total. The van der Waals surface area contributed by atoms with E-state index in [2.05, 4.69) is 33.4 Å². The van der Waals surface area contributed by atoms with Crippen LogP contribution in [0, 0.1) is 17.3 Å². The molecule has 2 aliphatic carbocycles. The van der Waals surface area contributed by atoms with Gasteiger partial charge in [-0.25, -0.2) is 0 Å². The zero-order chi connectivity index (χ0) is 15.5. The van der Waals surface area contributed by atoms with Gasteiger partial charge in [0.05, 0.1) is 6.10 Å². The van der Waals surface area contributed by atoms with Gasteiger partial charge in [-0.15, -0.1) is 0 Å². The number of allylic oxidation sites excluding steroid dienone is 1. The molecule has 20 heavy (non-hydrogen) atoms. The summed E-state index contributed by atoms with van der Waals surface area (Å²) in [5, 5.41) is 17.5. The van der Waals surface area contributed by atoms with E-state index in [1.165, 1.54) is 24.8 Å². The minimum Gasteiger partial charge on any atom is -0.481 e. The summed E-state index contributed by atoms with van der Waals surface area (Å²) in [7, 11) is 0. The molecule has 0 aromatic heterocycles. The molecule has 114 valence electrons. The smallest absolute Gasteiger partial charge is 0.300 e. The summed E-state index contributed by atoms with van der Waals surface area (Å²) < 4.78 is 0. The fourth-order valence-corrected chi connectivity index (χ4v) is 3.42. The number of carboxylic acids is 1. The fraction of sp³-hybridized carbons (Fsp3) is 0.706. The Morgan fingerprint density at radius 3 is 2.50 bits per heavy atom. The van der Waals surface area contributed by atoms with E-state index in [1.807, 2.05) is 0 Å². The van der Waals surface area contributed by atoms with Crippen LogP contribution in [0.5, 0.6) is 0 Å². The number of aliphatic hydroxyl groups excluding tert-OH is 1. The molecule has 3 atom stereocenters. The summed E-state index contributed by atoms with van der Waals surface area (Å²) in [5.41, 5.74) is 2.95. The molecule has 0 aliphatic heterocycles. The molecule has 1 saturated carbocycles. The maximum absolute atomic E-state index is 10.1. The third-order valence-corrected chi connectivity index (χ3v) is 4.68. The molecular weight excluding hydrogens is 252 g/mol. The summed E-state index contributed by atoms with van der Waals surface area (Å²) in [5.74, 6) is 0.445. The van der Waals surface area contributed by atoms with E-state index >= 15 is 0 Å². The molecule has 0 spiro atoms. The van der Waals surface area contributed by atoms with Crippen LogP contribution >= 0.6 is 0 Å². The lowest BCUT2D eigenvalue weighted by Gasteiger charge is -2.53. The van der Waals surface area contributed by atoms with Crippen LogP contribution in [-0.4, -0.2) is 22.3 Å². The Hall–Kier alpha value is -1.09. The Balaban J connectivity index is 0.000000444. The van der Waals surface area contributed by atoms with Gasteiger partial charge in [-0.1, -0.05) is 32.1 Å². The van der Waals surface area contributed by atoms with E-state index in [4.69, 9.17) is 9.90 Å². The van der Waals surface area contributed by atoms with Gasteiger partial charge in [0, 0.05) is 6.92 Å². The fourth-order valence-electron chi connectivity index (χ4n) is 3.42. The maximum atomic E-state index is 10.1. The highest BCUT2D eigenvalue weighted by Crippen LogP contribution is 2.56. The van der Waals surface area contributed by atoms with Gasteiger partial charge in [0.1, 0.15) is 0 Å². The molecule has 0 amide bonds. The zero-order valence-corrected chi connectivity index (χ0v) is 13.1. The van der Waals surface area contributed by atoms with Gasteiger partial charge in [0.15, 0.2) is 0 Å². The normalized spacial score (nSPS) is 32.1. The summed E-state index contributed by atoms with van der Waals surface area (Å²) in [4.78, 5) is 9.00. The van der Waals surface area contributed by atoms with Crippen LogP contribution in [0.2, 0.25) is 0 Å². The van der Waals surface area contributed by atoms with Crippen LogP contribution in [-0.2, 0) is 4.79 Å². The molecule has 3 nitrogen and oxygen atoms in total. The number of aliphatic hydroxyl groups is 1. The van der Waals surface area contributed by atoms with Crippen molar-refractivity contribution in [2.75, 3.05) is 0 Å². The van der Waals surface area contributed by atoms with Crippen molar-refractivity contribution in [3.05, 3.63) is 23.8 Å². The number of rotatable bonds is 0. The first-order valence-corrected chi connectivity index (χ1v) is 7.37. The molecule has 3 heteroatoms. The van der Waals surface area contributed by atoms with Crippen molar-refractivity contribution in [2.45, 2.75) is 59.5 Å². The lowest BCUT2D eigenvalue weighted by atomic mass is 9.52. The Bertz CT molecular complexity index is 402. The first kappa shape index (κ1) is 17.0. The highest BCUT2D eigenvalue weighted by atomic mass is 16.4. The van der Waals surface area contributed by atoms with Crippen LogP contribution in [0.4, 0.5) is 0 Å². The van der Waals surface area contributed by atoms with Crippen molar-refractivity contribution in [1.29, 1.82) is 0 Å². The van der Waals surface area contributed by atoms with Gasteiger partial charge in [0.2, 0.25) is 0 Å². The van der Waals surface area contributed by atoms with E-state index in [1.54, 1.807) is 0 Å². The third-order valence-electron chi connectivity index (χ3n) is 4.68. The number of aliphatic carboxylic acids is 1. The topological polar surface area (TPSA) is 57.5 Å². The largest absolute Gasteiger partial charge is 0.481 e. The Kier molecular flexibility index (Phi) is 5.58. The lowest BCUT2D eigenvalue weighted by Crippen LogP contribution is -2.46. The average Bonchev–Trinajstić information content (AvgIpc) is 2.34. The Morgan fingerprint density at radius 1 is 1.45 bits per heavy atom. The summed E-state index contributed by atoms with van der Waals surface area (Å²) in [6, 6.07) is 0. The molecule has 0 radical (unpaired) electrons. The number of carbonyl (C=O) groups is 1. The quantitative estimate of drug-likeness (QED) is 0.664.